The van der Waals surface area contributed by atoms with Crippen LogP contribution in [0.2, 0.25) is 0 Å². The van der Waals surface area contributed by atoms with Crippen LogP contribution in [0.4, 0.5) is 5.69 Å². The maximum Gasteiger partial charge on any atom is 0.272 e. The first-order chi connectivity index (χ1) is 12.2. The predicted molar refractivity (Wildman–Crippen MR) is 103 cm³/mol. The third-order valence-corrected chi connectivity index (χ3v) is 4.53. The Hall–Kier alpha value is -2.75. The Balaban J connectivity index is 2.04. The summed E-state index contributed by atoms with van der Waals surface area (Å²) in [6, 6.07) is 15.7. The molecule has 1 aromatic heterocycles. The van der Waals surface area contributed by atoms with E-state index in [0.717, 1.165) is 41.5 Å². The van der Waals surface area contributed by atoms with Crippen molar-refractivity contribution in [2.75, 3.05) is 12.4 Å². The number of ether oxygens (including phenoxy) is 1. The van der Waals surface area contributed by atoms with Gasteiger partial charge in [0.25, 0.3) is 5.91 Å². The first-order valence-corrected chi connectivity index (χ1v) is 8.69. The van der Waals surface area contributed by atoms with Crippen LogP contribution in [0, 0.1) is 6.92 Å². The van der Waals surface area contributed by atoms with E-state index >= 15 is 0 Å². The number of unbranched alkanes of at least 4 members (excludes halogenated alkanes) is 1. The van der Waals surface area contributed by atoms with Crippen LogP contribution in [-0.2, 0) is 6.54 Å². The molecule has 2 aromatic carbocycles. The summed E-state index contributed by atoms with van der Waals surface area (Å²) in [6.07, 6.45) is 2.12. The van der Waals surface area contributed by atoms with E-state index < -0.39 is 0 Å². The largest absolute Gasteiger partial charge is 0.495 e. The fourth-order valence-corrected chi connectivity index (χ4v) is 3.25. The second-order valence-electron chi connectivity index (χ2n) is 6.15. The van der Waals surface area contributed by atoms with Gasteiger partial charge in [-0.1, -0.05) is 43.7 Å². The van der Waals surface area contributed by atoms with Gasteiger partial charge in [-0.25, -0.2) is 0 Å². The number of anilines is 1. The lowest BCUT2D eigenvalue weighted by atomic mass is 10.1. The highest BCUT2D eigenvalue weighted by atomic mass is 16.5. The first kappa shape index (κ1) is 17.1. The monoisotopic (exact) mass is 336 g/mol. The standard InChI is InChI=1S/C21H24N2O2/c1-4-5-14-23-18-12-8-6-10-16(18)15(2)20(23)21(24)22-17-11-7-9-13-19(17)25-3/h6-13H,4-5,14H2,1-3H3,(H,22,24). The van der Waals surface area contributed by atoms with Gasteiger partial charge in [0.15, 0.2) is 0 Å². The van der Waals surface area contributed by atoms with Gasteiger partial charge < -0.3 is 14.6 Å². The zero-order valence-corrected chi connectivity index (χ0v) is 15.0. The van der Waals surface area contributed by atoms with Crippen molar-refractivity contribution in [3.05, 3.63) is 59.8 Å². The molecule has 4 nitrogen and oxygen atoms in total. The van der Waals surface area contributed by atoms with Crippen LogP contribution in [0.1, 0.15) is 35.8 Å². The summed E-state index contributed by atoms with van der Waals surface area (Å²) in [5, 5.41) is 4.14. The molecule has 0 aliphatic heterocycles. The molecule has 0 atom stereocenters. The van der Waals surface area contributed by atoms with E-state index in [0.29, 0.717) is 11.4 Å². The van der Waals surface area contributed by atoms with Gasteiger partial charge >= 0.3 is 0 Å². The molecular formula is C21H24N2O2. The van der Waals surface area contributed by atoms with E-state index in [2.05, 4.69) is 28.9 Å². The van der Waals surface area contributed by atoms with Gasteiger partial charge in [-0.15, -0.1) is 0 Å². The molecule has 3 aromatic rings. The Kier molecular flexibility index (Phi) is 5.08. The van der Waals surface area contributed by atoms with E-state index in [-0.39, 0.29) is 5.91 Å². The molecule has 1 heterocycles. The summed E-state index contributed by atoms with van der Waals surface area (Å²) < 4.78 is 7.48. The normalized spacial score (nSPS) is 10.8. The number of methoxy groups -OCH3 is 1. The molecule has 0 fully saturated rings. The number of rotatable bonds is 6. The summed E-state index contributed by atoms with van der Waals surface area (Å²) in [7, 11) is 1.61. The van der Waals surface area contributed by atoms with Crippen LogP contribution in [0.15, 0.2) is 48.5 Å². The smallest absolute Gasteiger partial charge is 0.272 e. The van der Waals surface area contributed by atoms with Crippen molar-refractivity contribution in [3.63, 3.8) is 0 Å². The van der Waals surface area contributed by atoms with Crippen molar-refractivity contribution in [3.8, 4) is 5.75 Å². The number of amides is 1. The second kappa shape index (κ2) is 7.43. The van der Waals surface area contributed by atoms with Crippen LogP contribution in [0.3, 0.4) is 0 Å². The maximum absolute atomic E-state index is 13.1. The Morgan fingerprint density at radius 1 is 1.12 bits per heavy atom. The third-order valence-electron chi connectivity index (χ3n) is 4.53. The van der Waals surface area contributed by atoms with E-state index in [1.807, 2.05) is 43.3 Å². The quantitative estimate of drug-likeness (QED) is 0.687. The molecule has 0 bridgehead atoms. The summed E-state index contributed by atoms with van der Waals surface area (Å²) in [4.78, 5) is 13.1. The highest BCUT2D eigenvalue weighted by Gasteiger charge is 2.20. The van der Waals surface area contributed by atoms with Crippen molar-refractivity contribution in [1.29, 1.82) is 0 Å². The molecule has 1 amide bonds. The minimum atomic E-state index is -0.102. The molecule has 130 valence electrons. The van der Waals surface area contributed by atoms with Crippen LogP contribution < -0.4 is 10.1 Å². The fraction of sp³-hybridized carbons (Fsp3) is 0.286. The van der Waals surface area contributed by atoms with Gasteiger partial charge in [-0.3, -0.25) is 4.79 Å². The summed E-state index contributed by atoms with van der Waals surface area (Å²) in [6.45, 7) is 5.01. The summed E-state index contributed by atoms with van der Waals surface area (Å²) >= 11 is 0. The minimum Gasteiger partial charge on any atom is -0.495 e. The number of aromatic nitrogens is 1. The number of hydrogen-bond acceptors (Lipinski definition) is 2. The van der Waals surface area contributed by atoms with E-state index in [1.54, 1.807) is 7.11 Å². The van der Waals surface area contributed by atoms with Gasteiger partial charge in [0.1, 0.15) is 11.4 Å². The molecular weight excluding hydrogens is 312 g/mol. The Labute approximate surface area is 148 Å². The van der Waals surface area contributed by atoms with Gasteiger partial charge in [-0.05, 0) is 37.1 Å². The Morgan fingerprint density at radius 2 is 1.84 bits per heavy atom. The lowest BCUT2D eigenvalue weighted by Gasteiger charge is -2.13. The number of nitrogens with one attached hydrogen (secondary N) is 1. The number of carbonyl (C=O) groups excluding carboxylic acids is 1. The molecule has 0 unspecified atom stereocenters. The zero-order chi connectivity index (χ0) is 17.8. The molecule has 0 spiro atoms. The molecule has 3 rings (SSSR count). The number of hydrogen-bond donors (Lipinski definition) is 1. The highest BCUT2D eigenvalue weighted by Crippen LogP contribution is 2.29. The van der Waals surface area contributed by atoms with E-state index in [4.69, 9.17) is 4.74 Å². The molecule has 25 heavy (non-hydrogen) atoms. The zero-order valence-electron chi connectivity index (χ0n) is 15.0. The van der Waals surface area contributed by atoms with Gasteiger partial charge in [0, 0.05) is 17.4 Å². The molecule has 0 saturated heterocycles. The van der Waals surface area contributed by atoms with Crippen molar-refractivity contribution in [2.24, 2.45) is 0 Å². The lowest BCUT2D eigenvalue weighted by molar-refractivity contribution is 0.101. The van der Waals surface area contributed by atoms with Gasteiger partial charge in [0.05, 0.1) is 12.8 Å². The summed E-state index contributed by atoms with van der Waals surface area (Å²) in [5.74, 6) is 0.555. The van der Waals surface area contributed by atoms with Crippen LogP contribution >= 0.6 is 0 Å². The summed E-state index contributed by atoms with van der Waals surface area (Å²) in [5.41, 5.74) is 3.53. The van der Waals surface area contributed by atoms with Crippen LogP contribution in [0.25, 0.3) is 10.9 Å². The number of aryl methyl sites for hydroxylation is 2. The van der Waals surface area contributed by atoms with Crippen molar-refractivity contribution in [1.82, 2.24) is 4.57 Å². The molecule has 0 aliphatic rings. The van der Waals surface area contributed by atoms with Gasteiger partial charge in [0.2, 0.25) is 0 Å². The number of fused-ring (bicyclic) bond motifs is 1. The average Bonchev–Trinajstić information content (AvgIpc) is 2.93. The van der Waals surface area contributed by atoms with Crippen molar-refractivity contribution in [2.45, 2.75) is 33.2 Å². The molecule has 0 aliphatic carbocycles. The maximum atomic E-state index is 13.1. The molecule has 0 saturated carbocycles. The SMILES string of the molecule is CCCCn1c(C(=O)Nc2ccccc2OC)c(C)c2ccccc21. The number of para-hydroxylation sites is 3. The van der Waals surface area contributed by atoms with Crippen LogP contribution in [-0.4, -0.2) is 17.6 Å². The Bertz CT molecular complexity index is 896. The predicted octanol–water partition coefficient (Wildman–Crippen LogP) is 5.01. The number of nitrogens with zero attached hydrogens (tertiary/aromatic N) is 1. The van der Waals surface area contributed by atoms with Crippen LogP contribution in [0.5, 0.6) is 5.75 Å². The first-order valence-electron chi connectivity index (χ1n) is 8.69. The highest BCUT2D eigenvalue weighted by molar-refractivity contribution is 6.08. The van der Waals surface area contributed by atoms with Crippen molar-refractivity contribution < 1.29 is 9.53 Å². The van der Waals surface area contributed by atoms with Gasteiger partial charge in [-0.2, -0.15) is 0 Å². The average molecular weight is 336 g/mol. The van der Waals surface area contributed by atoms with E-state index in [9.17, 15) is 4.79 Å². The number of carbonyl (C=O) groups is 1. The second-order valence-corrected chi connectivity index (χ2v) is 6.15. The lowest BCUT2D eigenvalue weighted by Crippen LogP contribution is -2.18. The fourth-order valence-electron chi connectivity index (χ4n) is 3.25. The molecule has 1 N–H and O–H groups in total. The number of benzene rings is 2. The van der Waals surface area contributed by atoms with E-state index in [1.165, 1.54) is 0 Å². The molecule has 0 radical (unpaired) electrons. The third kappa shape index (κ3) is 3.25. The Morgan fingerprint density at radius 3 is 2.60 bits per heavy atom. The topological polar surface area (TPSA) is 43.3 Å². The molecule has 4 heteroatoms. The minimum absolute atomic E-state index is 0.102. The van der Waals surface area contributed by atoms with Crippen molar-refractivity contribution >= 4 is 22.5 Å².